The van der Waals surface area contributed by atoms with E-state index in [-0.39, 0.29) is 0 Å². The standard InChI is InChI=1S/C11H23N/c1-3-10-12-11(2)8-6-4-5-7-9-11/h12H,3-10H2,1-2H3. The molecule has 0 saturated heterocycles. The first-order valence-electron chi connectivity index (χ1n) is 5.52. The molecule has 0 radical (unpaired) electrons. The number of nitrogens with one attached hydrogen (secondary N) is 1. The SMILES string of the molecule is CCCNC1(C)CCCCCC1. The van der Waals surface area contributed by atoms with Crippen molar-refractivity contribution in [1.29, 1.82) is 0 Å². The summed E-state index contributed by atoms with van der Waals surface area (Å²) in [6.45, 7) is 5.83. The highest BCUT2D eigenvalue weighted by atomic mass is 15.0. The maximum Gasteiger partial charge on any atom is 0.0153 e. The normalized spacial score (nSPS) is 23.5. The van der Waals surface area contributed by atoms with Crippen molar-refractivity contribution in [3.63, 3.8) is 0 Å². The lowest BCUT2D eigenvalue weighted by molar-refractivity contribution is 0.314. The van der Waals surface area contributed by atoms with Crippen molar-refractivity contribution in [2.45, 2.75) is 64.3 Å². The molecule has 0 unspecified atom stereocenters. The molecule has 1 heteroatoms. The maximum atomic E-state index is 3.69. The molecule has 1 rings (SSSR count). The van der Waals surface area contributed by atoms with Crippen LogP contribution in [0.3, 0.4) is 0 Å². The highest BCUT2D eigenvalue weighted by Crippen LogP contribution is 2.26. The van der Waals surface area contributed by atoms with Gasteiger partial charge in [0.2, 0.25) is 0 Å². The minimum absolute atomic E-state index is 0.465. The molecule has 1 N–H and O–H groups in total. The van der Waals surface area contributed by atoms with Crippen LogP contribution >= 0.6 is 0 Å². The van der Waals surface area contributed by atoms with Crippen LogP contribution in [0.5, 0.6) is 0 Å². The van der Waals surface area contributed by atoms with Gasteiger partial charge in [-0.1, -0.05) is 32.6 Å². The van der Waals surface area contributed by atoms with E-state index in [9.17, 15) is 0 Å². The van der Waals surface area contributed by atoms with Crippen molar-refractivity contribution in [2.75, 3.05) is 6.54 Å². The van der Waals surface area contributed by atoms with E-state index in [0.717, 1.165) is 0 Å². The van der Waals surface area contributed by atoms with Crippen LogP contribution in [0.4, 0.5) is 0 Å². The smallest absolute Gasteiger partial charge is 0.0153 e. The fourth-order valence-electron chi connectivity index (χ4n) is 2.11. The van der Waals surface area contributed by atoms with Crippen molar-refractivity contribution < 1.29 is 0 Å². The summed E-state index contributed by atoms with van der Waals surface area (Å²) >= 11 is 0. The van der Waals surface area contributed by atoms with E-state index >= 15 is 0 Å². The molecule has 0 aromatic heterocycles. The maximum absolute atomic E-state index is 3.69. The number of hydrogen-bond acceptors (Lipinski definition) is 1. The molecule has 0 heterocycles. The topological polar surface area (TPSA) is 12.0 Å². The van der Waals surface area contributed by atoms with E-state index in [2.05, 4.69) is 19.2 Å². The van der Waals surface area contributed by atoms with Crippen LogP contribution in [0.1, 0.15) is 58.8 Å². The predicted molar refractivity (Wildman–Crippen MR) is 54.4 cm³/mol. The summed E-state index contributed by atoms with van der Waals surface area (Å²) in [5.41, 5.74) is 0.465. The van der Waals surface area contributed by atoms with Gasteiger partial charge in [0.1, 0.15) is 0 Å². The van der Waals surface area contributed by atoms with Gasteiger partial charge in [0, 0.05) is 5.54 Å². The lowest BCUT2D eigenvalue weighted by atomic mass is 9.92. The molecule has 0 amide bonds. The van der Waals surface area contributed by atoms with E-state index in [1.807, 2.05) is 0 Å². The Hall–Kier alpha value is -0.0400. The second-order valence-corrected chi connectivity index (χ2v) is 4.40. The Morgan fingerprint density at radius 3 is 2.17 bits per heavy atom. The van der Waals surface area contributed by atoms with Gasteiger partial charge in [0.15, 0.2) is 0 Å². The Kier molecular flexibility index (Phi) is 4.07. The number of hydrogen-bond donors (Lipinski definition) is 1. The van der Waals surface area contributed by atoms with Gasteiger partial charge < -0.3 is 5.32 Å². The molecule has 1 saturated carbocycles. The molecule has 0 aromatic rings. The zero-order chi connectivity index (χ0) is 8.86. The lowest BCUT2D eigenvalue weighted by Gasteiger charge is -2.29. The first-order chi connectivity index (χ1) is 5.77. The van der Waals surface area contributed by atoms with Gasteiger partial charge in [-0.2, -0.15) is 0 Å². The molecule has 0 spiro atoms. The average molecular weight is 169 g/mol. The van der Waals surface area contributed by atoms with Gasteiger partial charge in [-0.25, -0.2) is 0 Å². The summed E-state index contributed by atoms with van der Waals surface area (Å²) in [6, 6.07) is 0. The fraction of sp³-hybridized carbons (Fsp3) is 1.00. The molecule has 1 aliphatic carbocycles. The molecule has 0 bridgehead atoms. The Morgan fingerprint density at radius 1 is 1.08 bits per heavy atom. The predicted octanol–water partition coefficient (Wildman–Crippen LogP) is 3.10. The van der Waals surface area contributed by atoms with Crippen LogP contribution in [-0.2, 0) is 0 Å². The largest absolute Gasteiger partial charge is 0.312 e. The summed E-state index contributed by atoms with van der Waals surface area (Å²) in [5.74, 6) is 0. The second-order valence-electron chi connectivity index (χ2n) is 4.40. The van der Waals surface area contributed by atoms with Crippen LogP contribution in [0.15, 0.2) is 0 Å². The van der Waals surface area contributed by atoms with Gasteiger partial charge >= 0.3 is 0 Å². The van der Waals surface area contributed by atoms with E-state index in [1.54, 1.807) is 0 Å². The van der Waals surface area contributed by atoms with Gasteiger partial charge in [-0.3, -0.25) is 0 Å². The zero-order valence-electron chi connectivity index (χ0n) is 8.66. The molecule has 0 aliphatic heterocycles. The van der Waals surface area contributed by atoms with Crippen LogP contribution in [0.25, 0.3) is 0 Å². The molecular weight excluding hydrogens is 146 g/mol. The quantitative estimate of drug-likeness (QED) is 0.640. The van der Waals surface area contributed by atoms with Gasteiger partial charge in [-0.05, 0) is 32.7 Å². The van der Waals surface area contributed by atoms with Crippen molar-refractivity contribution in [3.05, 3.63) is 0 Å². The molecule has 1 aliphatic rings. The van der Waals surface area contributed by atoms with Gasteiger partial charge in [0.25, 0.3) is 0 Å². The first kappa shape index (κ1) is 10.0. The van der Waals surface area contributed by atoms with Crippen LogP contribution in [0.2, 0.25) is 0 Å². The third-order valence-corrected chi connectivity index (χ3v) is 3.01. The van der Waals surface area contributed by atoms with Crippen molar-refractivity contribution >= 4 is 0 Å². The molecular formula is C11H23N. The summed E-state index contributed by atoms with van der Waals surface area (Å²) in [5, 5.41) is 3.69. The fourth-order valence-corrected chi connectivity index (χ4v) is 2.11. The highest BCUT2D eigenvalue weighted by molar-refractivity contribution is 4.84. The lowest BCUT2D eigenvalue weighted by Crippen LogP contribution is -2.42. The molecule has 0 aromatic carbocycles. The third kappa shape index (κ3) is 3.14. The summed E-state index contributed by atoms with van der Waals surface area (Å²) in [7, 11) is 0. The van der Waals surface area contributed by atoms with Crippen molar-refractivity contribution in [2.24, 2.45) is 0 Å². The Balaban J connectivity index is 2.32. The van der Waals surface area contributed by atoms with E-state index in [0.29, 0.717) is 5.54 Å². The minimum atomic E-state index is 0.465. The number of rotatable bonds is 3. The minimum Gasteiger partial charge on any atom is -0.312 e. The van der Waals surface area contributed by atoms with E-state index in [1.165, 1.54) is 51.5 Å². The summed E-state index contributed by atoms with van der Waals surface area (Å²) in [4.78, 5) is 0. The zero-order valence-corrected chi connectivity index (χ0v) is 8.66. The van der Waals surface area contributed by atoms with Crippen LogP contribution in [0, 0.1) is 0 Å². The third-order valence-electron chi connectivity index (χ3n) is 3.01. The van der Waals surface area contributed by atoms with Crippen LogP contribution in [-0.4, -0.2) is 12.1 Å². The van der Waals surface area contributed by atoms with Crippen molar-refractivity contribution in [1.82, 2.24) is 5.32 Å². The Bertz CT molecular complexity index is 112. The summed E-state index contributed by atoms with van der Waals surface area (Å²) in [6.07, 6.45) is 9.77. The monoisotopic (exact) mass is 169 g/mol. The van der Waals surface area contributed by atoms with E-state index < -0.39 is 0 Å². The second kappa shape index (κ2) is 4.86. The molecule has 1 fully saturated rings. The average Bonchev–Trinajstić information content (AvgIpc) is 2.27. The molecule has 12 heavy (non-hydrogen) atoms. The molecule has 0 atom stereocenters. The van der Waals surface area contributed by atoms with Gasteiger partial charge in [-0.15, -0.1) is 0 Å². The van der Waals surface area contributed by atoms with Crippen molar-refractivity contribution in [3.8, 4) is 0 Å². The summed E-state index contributed by atoms with van der Waals surface area (Å²) < 4.78 is 0. The highest BCUT2D eigenvalue weighted by Gasteiger charge is 2.23. The Labute approximate surface area is 76.9 Å². The first-order valence-corrected chi connectivity index (χ1v) is 5.52. The van der Waals surface area contributed by atoms with Gasteiger partial charge in [0.05, 0.1) is 0 Å². The Morgan fingerprint density at radius 2 is 1.67 bits per heavy atom. The van der Waals surface area contributed by atoms with E-state index in [4.69, 9.17) is 0 Å². The van der Waals surface area contributed by atoms with Crippen LogP contribution < -0.4 is 5.32 Å². The molecule has 1 nitrogen and oxygen atoms in total. The molecule has 72 valence electrons.